The molecule has 36 atom stereocenters. The van der Waals surface area contributed by atoms with Gasteiger partial charge in [-0.15, -0.1) is 0 Å². The summed E-state index contributed by atoms with van der Waals surface area (Å²) in [6.07, 6.45) is -6.82. The van der Waals surface area contributed by atoms with Gasteiger partial charge in [-0.1, -0.05) is 178 Å². The maximum atomic E-state index is 13.0. The number of hydrogen-bond donors (Lipinski definition) is 0. The van der Waals surface area contributed by atoms with Crippen molar-refractivity contribution in [3.8, 4) is 0 Å². The molecule has 29 nitrogen and oxygen atoms in total. The predicted molar refractivity (Wildman–Crippen MR) is 489 cm³/mol. The van der Waals surface area contributed by atoms with Crippen molar-refractivity contribution in [2.24, 2.45) is 47.3 Å². The SMILES string of the molecule is CC.CC.CC.CC.CC.CC.CC.CC.[B][B][C@@H]1O[C@H](COP(=O)([O-])O[C@@H]2C(C)[C@H]([B])O[C@@H]2COC)[C@H](OC)C1C.[B][B][C@@H]1O[C@H](COP(C)(=O)O[C@@H]2C(C)[C@H]([B])O[C@@H]2COC)[C@H](OC)C1C.[B][B][C@@H]1O[C@H](COP([BH3-])(=O)O[C@@H]2C(C)[C@H]([B])O[C@@H]2COC)[C@H](OC)C1C.[B][B][C@@H]1O[C@H](COP([O-])(=S)O[C@@H]2C(C)[C@H]([B])O[C@@H]2COC)[C@H](OC)C1C. The molecule has 8 aliphatic rings. The second-order valence-corrected chi connectivity index (χ2v) is 33.7. The van der Waals surface area contributed by atoms with Crippen molar-refractivity contribution in [1.82, 2.24) is 0 Å². The van der Waals surface area contributed by atoms with E-state index in [-0.39, 0.29) is 154 Å². The number of methoxy groups -OCH3 is 8. The topological polar surface area (TPSA) is 319 Å². The predicted octanol–water partition coefficient (Wildman–Crippen LogP) is 6.47. The first-order chi connectivity index (χ1) is 56.9. The molecule has 0 saturated carbocycles. The van der Waals surface area contributed by atoms with E-state index < -0.39 is 116 Å². The van der Waals surface area contributed by atoms with E-state index in [9.17, 15) is 23.5 Å². The van der Waals surface area contributed by atoms with Gasteiger partial charge in [0.15, 0.2) is 0 Å². The van der Waals surface area contributed by atoms with Gasteiger partial charge in [-0.05, 0) is 0 Å². The summed E-state index contributed by atoms with van der Waals surface area (Å²) in [6.45, 7) is 45.8. The highest BCUT2D eigenvalue weighted by molar-refractivity contribution is 8.06. The molecule has 8 rings (SSSR count). The van der Waals surface area contributed by atoms with E-state index in [0.717, 1.165) is 0 Å². The molecule has 8 aliphatic heterocycles. The van der Waals surface area contributed by atoms with E-state index in [2.05, 4.69) is 0 Å². The fourth-order valence-electron chi connectivity index (χ4n) is 13.6. The van der Waals surface area contributed by atoms with Gasteiger partial charge in [0.1, 0.15) is 94.4 Å². The van der Waals surface area contributed by atoms with Crippen molar-refractivity contribution in [2.75, 3.05) is 116 Å². The van der Waals surface area contributed by atoms with E-state index in [1.807, 2.05) is 159 Å². The third kappa shape index (κ3) is 41.1. The first-order valence-electron chi connectivity index (χ1n) is 42.1. The van der Waals surface area contributed by atoms with E-state index in [4.69, 9.17) is 186 Å². The molecule has 0 bridgehead atoms. The van der Waals surface area contributed by atoms with Crippen LogP contribution in [0, 0.1) is 47.3 Å². The molecule has 0 spiro atoms. The molecule has 47 heteroatoms. The Morgan fingerprint density at radius 1 is 0.317 bits per heavy atom. The van der Waals surface area contributed by atoms with Gasteiger partial charge in [0.05, 0.1) is 138 Å². The molecule has 8 fully saturated rings. The minimum absolute atomic E-state index is 0.0297. The number of phosphoric ester groups is 1. The number of rotatable bonds is 36. The van der Waals surface area contributed by atoms with Crippen molar-refractivity contribution in [1.29, 1.82) is 0 Å². The lowest BCUT2D eigenvalue weighted by atomic mass is 9.49. The first-order valence-corrected chi connectivity index (χ1v) is 49.2. The highest BCUT2D eigenvalue weighted by Gasteiger charge is 2.50. The molecule has 684 valence electrons. The monoisotopic (exact) mass is 1790 g/mol. The maximum absolute atomic E-state index is 13.0. The third-order valence-electron chi connectivity index (χ3n) is 19.7. The smallest absolute Gasteiger partial charge is 0.328 e. The minimum atomic E-state index is -4.62. The maximum Gasteiger partial charge on any atom is 0.328 e. The normalized spacial score (nSPS) is 37.4. The second kappa shape index (κ2) is 69.1. The van der Waals surface area contributed by atoms with Crippen LogP contribution in [0.15, 0.2) is 0 Å². The lowest BCUT2D eigenvalue weighted by Gasteiger charge is -2.34. The first kappa shape index (κ1) is 127. The van der Waals surface area contributed by atoms with Crippen LogP contribution in [0.25, 0.3) is 0 Å². The number of ether oxygens (including phenoxy) is 16. The Hall–Kier alpha value is 1.14. The molecular weight excluding hydrogens is 1640 g/mol. The molecule has 8 heterocycles. The molecule has 8 saturated heterocycles. The number of hydrogen-bond acceptors (Lipinski definition) is 30. The fourth-order valence-corrected chi connectivity index (χ4v) is 18.2. The van der Waals surface area contributed by atoms with Crippen molar-refractivity contribution in [3.05, 3.63) is 0 Å². The Kier molecular flexibility index (Phi) is 73.3. The molecule has 20 radical (unpaired) electrons. The zero-order chi connectivity index (χ0) is 93.9. The summed E-state index contributed by atoms with van der Waals surface area (Å²) in [5.74, 6) is -0.617. The van der Waals surface area contributed by atoms with Crippen LogP contribution < -0.4 is 9.79 Å². The number of phosphoric acid groups is 1. The van der Waals surface area contributed by atoms with Gasteiger partial charge in [0.25, 0.3) is 7.82 Å². The molecule has 0 amide bonds. The van der Waals surface area contributed by atoms with Gasteiger partial charge >= 0.3 is 7.60 Å². The van der Waals surface area contributed by atoms with E-state index in [1.54, 1.807) is 42.5 Å². The Bertz CT molecular complexity index is 2370. The molecule has 0 aromatic rings. The molecule has 0 aliphatic carbocycles. The van der Waals surface area contributed by atoms with Gasteiger partial charge in [-0.3, -0.25) is 9.13 Å². The van der Waals surface area contributed by atoms with Crippen molar-refractivity contribution in [2.45, 2.75) is 312 Å². The summed E-state index contributed by atoms with van der Waals surface area (Å²) < 4.78 is 170. The quantitative estimate of drug-likeness (QED) is 0.0479. The molecule has 12 unspecified atom stereocenters. The van der Waals surface area contributed by atoms with E-state index in [0.29, 0.717) is 13.2 Å². The van der Waals surface area contributed by atoms with Gasteiger partial charge in [-0.2, -0.15) is 0 Å². The van der Waals surface area contributed by atoms with Crippen LogP contribution in [0.2, 0.25) is 0 Å². The molecule has 0 N–H and O–H groups in total. The lowest BCUT2D eigenvalue weighted by Crippen LogP contribution is -2.35. The highest BCUT2D eigenvalue weighted by Crippen LogP contribution is 2.52. The van der Waals surface area contributed by atoms with E-state index >= 15 is 0 Å². The summed E-state index contributed by atoms with van der Waals surface area (Å²) in [5, 5.41) is 0. The van der Waals surface area contributed by atoms with Crippen LogP contribution in [0.5, 0.6) is 0 Å². The Morgan fingerprint density at radius 2 is 0.533 bits per heavy atom. The summed E-state index contributed by atoms with van der Waals surface area (Å²) >= 11 is 5.05. The standard InChI is InChI=1S/C15H27B3O7P.C14H27B4O7P.C14H25B3O8P.C14H25B3O7PS.8C2H6/c1-8-13(10(6-20-3)23-14(8)16)25-26(5,19)22-7-11-12(21-4)9(2)15(18-17)24-11;1-7-12(9(5-20-3)23-13(7)15)25-26(17,19)22-6-10-11(21-4)8(2)14(18-16)24-10;1-7-12(9(5-20-3)23-13(7)15)25-26(18,19)22-6-10-11(21-4)8(2)14(17-16)24-10;1-7-12(9(5-19-3)22-13(7)15)24-25(18,26)21-6-10-11(20-4)8(2)14(17-16)23-10;8*1-2/h8-15H,6-7H2,1-5H3;7-14H,5-6H2,1-4,17H3;7-14H,5-6H2,1-4H3,(H,18,19);7-14H,5-6H2,1-4H3,(H,18,26);8*1-2H3/q;-1;;;;;;;;;;/p-2/t8?,9?,10-,11-,12-,13-,14-,15-,26?;7?,8?,9-,10-,11-,12-,13-,14-,26?;7?,8?,9-,10-,11-,12-,13-,14-;7?,8?,9-,10-,11-,12-,13-,14-,25?;;;;;;;;/m1111......../s1. The Morgan fingerprint density at radius 3 is 0.783 bits per heavy atom. The zero-order valence-corrected chi connectivity index (χ0v) is 82.5. The summed E-state index contributed by atoms with van der Waals surface area (Å²) in [4.78, 5) is 25.0. The van der Waals surface area contributed by atoms with E-state index in [1.165, 1.54) is 56.7 Å². The Labute approximate surface area is 746 Å². The van der Waals surface area contributed by atoms with Gasteiger partial charge in [0, 0.05) is 190 Å². The van der Waals surface area contributed by atoms with Gasteiger partial charge in [-0.25, -0.2) is 0 Å². The van der Waals surface area contributed by atoms with Crippen LogP contribution in [-0.2, 0) is 137 Å². The van der Waals surface area contributed by atoms with Gasteiger partial charge < -0.3 is 126 Å². The molecule has 0 aromatic carbocycles. The van der Waals surface area contributed by atoms with Crippen LogP contribution in [0.1, 0.15) is 166 Å². The van der Waals surface area contributed by atoms with Crippen molar-refractivity contribution in [3.63, 3.8) is 0 Å². The average molecular weight is 1790 g/mol. The summed E-state index contributed by atoms with van der Waals surface area (Å²) in [5.41, 5.74) is 0. The summed E-state index contributed by atoms with van der Waals surface area (Å²) in [7, 11) is 52.4. The summed E-state index contributed by atoms with van der Waals surface area (Å²) in [6, 6.07) is -3.23. The van der Waals surface area contributed by atoms with Crippen LogP contribution in [0.4, 0.5) is 0 Å². The van der Waals surface area contributed by atoms with Crippen LogP contribution in [-0.4, -0.2) is 361 Å². The fraction of sp³-hybridized carbons (Fsp3) is 1.00. The molecular formula is C73H150B13O29P4S-3. The van der Waals surface area contributed by atoms with Crippen LogP contribution >= 0.6 is 29.6 Å². The molecule has 120 heavy (non-hydrogen) atoms. The van der Waals surface area contributed by atoms with Crippen molar-refractivity contribution >= 4 is 140 Å². The lowest BCUT2D eigenvalue weighted by molar-refractivity contribution is -0.235. The largest absolute Gasteiger partial charge is 0.780 e. The minimum Gasteiger partial charge on any atom is -0.780 e. The highest BCUT2D eigenvalue weighted by atomic mass is 32.5. The molecule has 0 aromatic heterocycles. The van der Waals surface area contributed by atoms with Crippen molar-refractivity contribution < 1.29 is 135 Å². The van der Waals surface area contributed by atoms with Crippen LogP contribution in [0.3, 0.4) is 0 Å². The Balaban J connectivity index is -0.000000706. The average Bonchev–Trinajstić information content (AvgIpc) is 1.69. The zero-order valence-electron chi connectivity index (χ0n) is 78.1. The van der Waals surface area contributed by atoms with Gasteiger partial charge in [0.2, 0.25) is 0 Å². The second-order valence-electron chi connectivity index (χ2n) is 26.7. The third-order valence-corrected chi connectivity index (χ3v) is 24.2.